The molecule has 0 spiro atoms. The van der Waals surface area contributed by atoms with Gasteiger partial charge < -0.3 is 14.6 Å². The van der Waals surface area contributed by atoms with Crippen LogP contribution in [0.15, 0.2) is 34.9 Å². The van der Waals surface area contributed by atoms with Crippen molar-refractivity contribution >= 4 is 29.3 Å². The van der Waals surface area contributed by atoms with Gasteiger partial charge in [0.1, 0.15) is 12.6 Å². The molecule has 1 aromatic carbocycles. The summed E-state index contributed by atoms with van der Waals surface area (Å²) in [7, 11) is 0. The van der Waals surface area contributed by atoms with Crippen LogP contribution < -0.4 is 15.5 Å². The minimum Gasteiger partial charge on any atom is -0.447 e. The summed E-state index contributed by atoms with van der Waals surface area (Å²) in [4.78, 5) is 25.3. The molecule has 1 saturated heterocycles. The fourth-order valence-corrected chi connectivity index (χ4v) is 2.36. The zero-order chi connectivity index (χ0) is 17.1. The van der Waals surface area contributed by atoms with E-state index >= 15 is 0 Å². The van der Waals surface area contributed by atoms with Gasteiger partial charge in [-0.15, -0.1) is 0 Å². The Morgan fingerprint density at radius 2 is 2.21 bits per heavy atom. The molecule has 2 aromatic rings. The molecule has 24 heavy (non-hydrogen) atoms. The lowest BCUT2D eigenvalue weighted by Crippen LogP contribution is -2.32. The second kappa shape index (κ2) is 6.61. The number of hydrogen-bond acceptors (Lipinski definition) is 6. The Morgan fingerprint density at radius 3 is 2.88 bits per heavy atom. The molecule has 1 aliphatic heterocycles. The highest BCUT2D eigenvalue weighted by atomic mass is 16.6. The summed E-state index contributed by atoms with van der Waals surface area (Å²) in [6, 6.07) is 8.40. The number of anilines is 3. The van der Waals surface area contributed by atoms with E-state index < -0.39 is 6.04 Å². The van der Waals surface area contributed by atoms with E-state index in [9.17, 15) is 9.59 Å². The normalized spacial score (nSPS) is 15.1. The Bertz CT molecular complexity index is 758. The summed E-state index contributed by atoms with van der Waals surface area (Å²) in [6.07, 6.45) is -0.362. The highest BCUT2D eigenvalue weighted by molar-refractivity contribution is 5.95. The number of benzene rings is 1. The predicted octanol–water partition coefficient (Wildman–Crippen LogP) is 2.38. The third kappa shape index (κ3) is 3.48. The van der Waals surface area contributed by atoms with Crippen LogP contribution >= 0.6 is 0 Å². The number of nitrogens with one attached hydrogen (secondary N) is 2. The summed E-state index contributed by atoms with van der Waals surface area (Å²) in [5.74, 6) is 0.0526. The Kier molecular flexibility index (Phi) is 4.37. The Hall–Kier alpha value is -3.03. The van der Waals surface area contributed by atoms with Crippen LogP contribution in [0.4, 0.5) is 22.1 Å². The zero-order valence-corrected chi connectivity index (χ0v) is 13.4. The molecule has 1 unspecified atom stereocenters. The summed E-state index contributed by atoms with van der Waals surface area (Å²) in [6.45, 7) is 4.40. The molecular formula is C16H18N4O4. The highest BCUT2D eigenvalue weighted by Gasteiger charge is 2.24. The van der Waals surface area contributed by atoms with Crippen molar-refractivity contribution in [3.05, 3.63) is 36.0 Å². The number of ether oxygens (including phenoxy) is 1. The van der Waals surface area contributed by atoms with E-state index in [1.165, 1.54) is 0 Å². The molecule has 3 rings (SSSR count). The van der Waals surface area contributed by atoms with E-state index in [2.05, 4.69) is 15.8 Å². The van der Waals surface area contributed by atoms with Crippen LogP contribution in [-0.2, 0) is 9.53 Å². The number of rotatable bonds is 5. The van der Waals surface area contributed by atoms with E-state index in [4.69, 9.17) is 9.26 Å². The van der Waals surface area contributed by atoms with Gasteiger partial charge in [0, 0.05) is 17.4 Å². The molecule has 0 radical (unpaired) electrons. The number of aromatic nitrogens is 1. The maximum Gasteiger partial charge on any atom is 0.414 e. The number of carbonyl (C=O) groups excluding carboxylic acids is 2. The Balaban J connectivity index is 1.64. The van der Waals surface area contributed by atoms with Crippen LogP contribution in [0.1, 0.15) is 12.6 Å². The van der Waals surface area contributed by atoms with Crippen molar-refractivity contribution in [3.63, 3.8) is 0 Å². The number of amides is 2. The van der Waals surface area contributed by atoms with Crippen molar-refractivity contribution in [1.29, 1.82) is 0 Å². The van der Waals surface area contributed by atoms with Crippen molar-refractivity contribution in [2.75, 3.05) is 28.7 Å². The first kappa shape index (κ1) is 15.9. The molecule has 0 aliphatic carbocycles. The number of cyclic esters (lactones) is 1. The lowest BCUT2D eigenvalue weighted by molar-refractivity contribution is -0.116. The summed E-state index contributed by atoms with van der Waals surface area (Å²) in [5.41, 5.74) is 2.14. The molecule has 8 nitrogen and oxygen atoms in total. The maximum atomic E-state index is 12.2. The lowest BCUT2D eigenvalue weighted by Gasteiger charge is -2.17. The van der Waals surface area contributed by atoms with Gasteiger partial charge in [0.25, 0.3) is 0 Å². The molecular weight excluding hydrogens is 312 g/mol. The Morgan fingerprint density at radius 1 is 1.38 bits per heavy atom. The van der Waals surface area contributed by atoms with E-state index in [1.54, 1.807) is 30.9 Å². The fraction of sp³-hybridized carbons (Fsp3) is 0.312. The minimum absolute atomic E-state index is 0.253. The van der Waals surface area contributed by atoms with Gasteiger partial charge in [-0.3, -0.25) is 15.0 Å². The molecule has 2 N–H and O–H groups in total. The second-order valence-corrected chi connectivity index (χ2v) is 5.50. The quantitative estimate of drug-likeness (QED) is 0.874. The van der Waals surface area contributed by atoms with E-state index in [-0.39, 0.29) is 12.0 Å². The second-order valence-electron chi connectivity index (χ2n) is 5.50. The first-order valence-corrected chi connectivity index (χ1v) is 7.58. The van der Waals surface area contributed by atoms with Crippen LogP contribution in [-0.4, -0.2) is 36.4 Å². The van der Waals surface area contributed by atoms with Gasteiger partial charge in [-0.05, 0) is 32.0 Å². The largest absolute Gasteiger partial charge is 0.447 e. The standard InChI is InChI=1S/C16H18N4O4/c1-10-8-14(24-19-10)18-15(21)11(2)17-12-4-3-5-13(9-12)20-6-7-23-16(20)22/h3-5,8-9,11,17H,6-7H2,1-2H3,(H,18,21). The number of carbonyl (C=O) groups is 2. The van der Waals surface area contributed by atoms with Crippen LogP contribution in [0.2, 0.25) is 0 Å². The highest BCUT2D eigenvalue weighted by Crippen LogP contribution is 2.23. The van der Waals surface area contributed by atoms with Crippen LogP contribution in [0.25, 0.3) is 0 Å². The zero-order valence-electron chi connectivity index (χ0n) is 13.4. The van der Waals surface area contributed by atoms with Crippen molar-refractivity contribution in [2.24, 2.45) is 0 Å². The van der Waals surface area contributed by atoms with Gasteiger partial charge in [-0.25, -0.2) is 4.79 Å². The van der Waals surface area contributed by atoms with E-state index in [0.29, 0.717) is 24.7 Å². The average molecular weight is 330 g/mol. The third-order valence-corrected chi connectivity index (χ3v) is 3.57. The van der Waals surface area contributed by atoms with Gasteiger partial charge in [0.05, 0.1) is 12.2 Å². The van der Waals surface area contributed by atoms with Crippen LogP contribution in [0, 0.1) is 6.92 Å². The molecule has 2 heterocycles. The molecule has 0 saturated carbocycles. The average Bonchev–Trinajstić information content (AvgIpc) is 3.16. The number of nitrogens with zero attached hydrogens (tertiary/aromatic N) is 2. The fourth-order valence-electron chi connectivity index (χ4n) is 2.36. The summed E-state index contributed by atoms with van der Waals surface area (Å²) in [5, 5.41) is 9.46. The molecule has 1 aliphatic rings. The van der Waals surface area contributed by atoms with E-state index in [1.807, 2.05) is 18.2 Å². The first-order chi connectivity index (χ1) is 11.5. The van der Waals surface area contributed by atoms with Crippen molar-refractivity contribution in [2.45, 2.75) is 19.9 Å². The molecule has 1 atom stereocenters. The third-order valence-electron chi connectivity index (χ3n) is 3.57. The van der Waals surface area contributed by atoms with Gasteiger partial charge >= 0.3 is 6.09 Å². The summed E-state index contributed by atoms with van der Waals surface area (Å²) < 4.78 is 9.90. The van der Waals surface area contributed by atoms with Crippen molar-refractivity contribution in [3.8, 4) is 0 Å². The molecule has 2 amide bonds. The van der Waals surface area contributed by atoms with Gasteiger partial charge in [-0.1, -0.05) is 11.2 Å². The van der Waals surface area contributed by atoms with Gasteiger partial charge in [0.15, 0.2) is 0 Å². The monoisotopic (exact) mass is 330 g/mol. The SMILES string of the molecule is Cc1cc(NC(=O)C(C)Nc2cccc(N3CCOC3=O)c2)on1. The maximum absolute atomic E-state index is 12.2. The smallest absolute Gasteiger partial charge is 0.414 e. The van der Waals surface area contributed by atoms with Crippen LogP contribution in [0.5, 0.6) is 0 Å². The lowest BCUT2D eigenvalue weighted by atomic mass is 10.2. The molecule has 8 heteroatoms. The van der Waals surface area contributed by atoms with Crippen molar-refractivity contribution < 1.29 is 18.8 Å². The topological polar surface area (TPSA) is 96.7 Å². The van der Waals surface area contributed by atoms with Crippen LogP contribution in [0.3, 0.4) is 0 Å². The molecule has 0 bridgehead atoms. The molecule has 126 valence electrons. The predicted molar refractivity (Wildman–Crippen MR) is 88.1 cm³/mol. The number of aryl methyl sites for hydroxylation is 1. The molecule has 1 aromatic heterocycles. The number of hydrogen-bond donors (Lipinski definition) is 2. The van der Waals surface area contributed by atoms with Gasteiger partial charge in [0.2, 0.25) is 11.8 Å². The van der Waals surface area contributed by atoms with Gasteiger partial charge in [-0.2, -0.15) is 0 Å². The Labute approximate surface area is 138 Å². The minimum atomic E-state index is -0.504. The summed E-state index contributed by atoms with van der Waals surface area (Å²) >= 11 is 0. The first-order valence-electron chi connectivity index (χ1n) is 7.58. The molecule has 1 fully saturated rings. The van der Waals surface area contributed by atoms with E-state index in [0.717, 1.165) is 11.4 Å². The van der Waals surface area contributed by atoms with Crippen molar-refractivity contribution in [1.82, 2.24) is 5.16 Å².